The third-order valence-electron chi connectivity index (χ3n) is 2.62. The molecular formula is C11H9BrN2O4S2. The van der Waals surface area contributed by atoms with Crippen LogP contribution in [0.1, 0.15) is 0 Å². The molecule has 2 aromatic rings. The normalized spacial score (nSPS) is 13.4. The molecule has 0 amide bonds. The Labute approximate surface area is 127 Å². The predicted octanol–water partition coefficient (Wildman–Crippen LogP) is 2.62. The summed E-state index contributed by atoms with van der Waals surface area (Å²) in [5.74, 6) is 0.963. The maximum Gasteiger partial charge on any atom is 0.272 e. The number of nitrogen functional groups attached to an aromatic ring is 1. The van der Waals surface area contributed by atoms with Gasteiger partial charge < -0.3 is 15.2 Å². The summed E-state index contributed by atoms with van der Waals surface area (Å²) >= 11 is 4.31. The van der Waals surface area contributed by atoms with E-state index in [4.69, 9.17) is 15.2 Å². The summed E-state index contributed by atoms with van der Waals surface area (Å²) in [5, 5.41) is 1.68. The molecule has 0 spiro atoms. The molecule has 6 nitrogen and oxygen atoms in total. The minimum atomic E-state index is -3.70. The Bertz CT molecular complexity index is 773. The zero-order chi connectivity index (χ0) is 14.3. The molecule has 3 rings (SSSR count). The molecule has 3 N–H and O–H groups in total. The molecule has 0 aliphatic carbocycles. The van der Waals surface area contributed by atoms with Crippen molar-refractivity contribution in [3.8, 4) is 11.5 Å². The van der Waals surface area contributed by atoms with E-state index < -0.39 is 10.0 Å². The smallest absolute Gasteiger partial charge is 0.272 e. The van der Waals surface area contributed by atoms with E-state index in [9.17, 15) is 8.42 Å². The summed E-state index contributed by atoms with van der Waals surface area (Å²) in [6.45, 7) is 0.0987. The number of benzene rings is 1. The van der Waals surface area contributed by atoms with E-state index in [1.807, 2.05) is 0 Å². The van der Waals surface area contributed by atoms with Crippen LogP contribution >= 0.6 is 27.3 Å². The largest absolute Gasteiger partial charge is 0.454 e. The van der Waals surface area contributed by atoms with Gasteiger partial charge in [-0.15, -0.1) is 11.3 Å². The van der Waals surface area contributed by atoms with E-state index in [0.29, 0.717) is 16.0 Å². The number of halogens is 1. The summed E-state index contributed by atoms with van der Waals surface area (Å²) in [5.41, 5.74) is 6.35. The highest BCUT2D eigenvalue weighted by atomic mass is 79.9. The van der Waals surface area contributed by atoms with Crippen molar-refractivity contribution < 1.29 is 17.9 Å². The van der Waals surface area contributed by atoms with Crippen molar-refractivity contribution in [1.29, 1.82) is 0 Å². The maximum absolute atomic E-state index is 12.3. The van der Waals surface area contributed by atoms with Crippen molar-refractivity contribution in [3.63, 3.8) is 0 Å². The van der Waals surface area contributed by atoms with Crippen LogP contribution in [0, 0.1) is 0 Å². The Balaban J connectivity index is 1.98. The highest BCUT2D eigenvalue weighted by molar-refractivity contribution is 9.10. The van der Waals surface area contributed by atoms with Crippen LogP contribution in [0.5, 0.6) is 11.5 Å². The van der Waals surface area contributed by atoms with E-state index in [1.54, 1.807) is 11.4 Å². The second-order valence-electron chi connectivity index (χ2n) is 3.95. The van der Waals surface area contributed by atoms with Gasteiger partial charge in [-0.25, -0.2) is 8.42 Å². The van der Waals surface area contributed by atoms with Crippen LogP contribution in [0.15, 0.2) is 32.3 Å². The van der Waals surface area contributed by atoms with Crippen LogP contribution in [-0.4, -0.2) is 15.2 Å². The van der Waals surface area contributed by atoms with Gasteiger partial charge in [0.05, 0.1) is 11.4 Å². The molecule has 1 aliphatic rings. The minimum Gasteiger partial charge on any atom is -0.454 e. The molecule has 106 valence electrons. The molecule has 1 aromatic heterocycles. The van der Waals surface area contributed by atoms with Gasteiger partial charge in [-0.3, -0.25) is 4.72 Å². The first-order chi connectivity index (χ1) is 9.47. The van der Waals surface area contributed by atoms with Gasteiger partial charge in [-0.2, -0.15) is 0 Å². The highest BCUT2D eigenvalue weighted by Crippen LogP contribution is 2.39. The summed E-state index contributed by atoms with van der Waals surface area (Å²) in [6, 6.07) is 4.71. The van der Waals surface area contributed by atoms with Crippen molar-refractivity contribution in [1.82, 2.24) is 0 Å². The Morgan fingerprint density at radius 3 is 2.65 bits per heavy atom. The average Bonchev–Trinajstić information content (AvgIpc) is 2.98. The van der Waals surface area contributed by atoms with Gasteiger partial charge in [-0.1, -0.05) is 0 Å². The van der Waals surface area contributed by atoms with Gasteiger partial charge in [0, 0.05) is 16.6 Å². The number of rotatable bonds is 3. The highest BCUT2D eigenvalue weighted by Gasteiger charge is 2.23. The first kappa shape index (κ1) is 13.5. The fourth-order valence-electron chi connectivity index (χ4n) is 1.71. The van der Waals surface area contributed by atoms with Gasteiger partial charge in [0.25, 0.3) is 10.0 Å². The lowest BCUT2D eigenvalue weighted by Gasteiger charge is -2.10. The van der Waals surface area contributed by atoms with Crippen LogP contribution in [0.4, 0.5) is 11.4 Å². The third-order valence-corrected chi connectivity index (χ3v) is 6.65. The fourth-order valence-corrected chi connectivity index (χ4v) is 5.13. The molecular weight excluding hydrogens is 368 g/mol. The quantitative estimate of drug-likeness (QED) is 0.803. The number of anilines is 2. The summed E-state index contributed by atoms with van der Waals surface area (Å²) in [7, 11) is -3.70. The van der Waals surface area contributed by atoms with Crippen LogP contribution < -0.4 is 19.9 Å². The van der Waals surface area contributed by atoms with Crippen molar-refractivity contribution >= 4 is 48.7 Å². The number of hydrogen-bond acceptors (Lipinski definition) is 6. The van der Waals surface area contributed by atoms with Gasteiger partial charge in [-0.05, 0) is 27.4 Å². The summed E-state index contributed by atoms with van der Waals surface area (Å²) in [4.78, 5) is 0. The molecule has 20 heavy (non-hydrogen) atoms. The number of fused-ring (bicyclic) bond motifs is 1. The van der Waals surface area contributed by atoms with E-state index >= 15 is 0 Å². The van der Waals surface area contributed by atoms with E-state index in [0.717, 1.165) is 11.3 Å². The molecule has 0 unspecified atom stereocenters. The maximum atomic E-state index is 12.3. The van der Waals surface area contributed by atoms with E-state index in [1.165, 1.54) is 12.1 Å². The number of nitrogens with one attached hydrogen (secondary N) is 1. The average molecular weight is 377 g/mol. The molecule has 0 radical (unpaired) electrons. The first-order valence-corrected chi connectivity index (χ1v) is 8.58. The van der Waals surface area contributed by atoms with Gasteiger partial charge in [0.15, 0.2) is 15.7 Å². The molecule has 0 bridgehead atoms. The molecule has 2 heterocycles. The second kappa shape index (κ2) is 4.83. The monoisotopic (exact) mass is 376 g/mol. The van der Waals surface area contributed by atoms with Crippen molar-refractivity contribution in [3.05, 3.63) is 28.1 Å². The molecule has 0 saturated carbocycles. The Kier molecular flexibility index (Phi) is 3.27. The topological polar surface area (TPSA) is 90.7 Å². The zero-order valence-electron chi connectivity index (χ0n) is 9.92. The Morgan fingerprint density at radius 1 is 1.30 bits per heavy atom. The Hall–Kier alpha value is -1.45. The molecule has 0 fully saturated rings. The predicted molar refractivity (Wildman–Crippen MR) is 79.8 cm³/mol. The minimum absolute atomic E-state index is 0.0987. The molecule has 1 aliphatic heterocycles. The molecule has 0 atom stereocenters. The second-order valence-corrected chi connectivity index (χ2v) is 7.60. The van der Waals surface area contributed by atoms with Crippen molar-refractivity contribution in [2.24, 2.45) is 0 Å². The Morgan fingerprint density at radius 2 is 2.00 bits per heavy atom. The lowest BCUT2D eigenvalue weighted by atomic mass is 10.2. The number of sulfonamides is 1. The molecule has 9 heteroatoms. The number of hydrogen-bond donors (Lipinski definition) is 2. The summed E-state index contributed by atoms with van der Waals surface area (Å²) < 4.78 is 38.1. The van der Waals surface area contributed by atoms with Crippen LogP contribution in [0.2, 0.25) is 0 Å². The number of nitrogens with two attached hydrogens (primary N) is 1. The third kappa shape index (κ3) is 2.32. The first-order valence-electron chi connectivity index (χ1n) is 5.42. The summed E-state index contributed by atoms with van der Waals surface area (Å²) in [6.07, 6.45) is 0. The van der Waals surface area contributed by atoms with E-state index in [2.05, 4.69) is 20.7 Å². The van der Waals surface area contributed by atoms with Crippen LogP contribution in [0.25, 0.3) is 0 Å². The SMILES string of the molecule is Nc1cc2c(cc1NS(=O)(=O)c1sccc1Br)OCO2. The van der Waals surface area contributed by atoms with Crippen LogP contribution in [-0.2, 0) is 10.0 Å². The lowest BCUT2D eigenvalue weighted by Crippen LogP contribution is -2.13. The fraction of sp³-hybridized carbons (Fsp3) is 0.0909. The van der Waals surface area contributed by atoms with E-state index in [-0.39, 0.29) is 22.4 Å². The van der Waals surface area contributed by atoms with Crippen molar-refractivity contribution in [2.75, 3.05) is 17.2 Å². The van der Waals surface area contributed by atoms with Gasteiger partial charge >= 0.3 is 0 Å². The molecule has 0 saturated heterocycles. The standard InChI is InChI=1S/C11H9BrN2O4S2/c12-6-1-2-19-11(6)20(15,16)14-8-4-10-9(3-7(8)13)17-5-18-10/h1-4,14H,5,13H2. The van der Waals surface area contributed by atoms with Crippen molar-refractivity contribution in [2.45, 2.75) is 4.21 Å². The van der Waals surface area contributed by atoms with Gasteiger partial charge in [0.1, 0.15) is 0 Å². The molecule has 1 aromatic carbocycles. The van der Waals surface area contributed by atoms with Crippen LogP contribution in [0.3, 0.4) is 0 Å². The zero-order valence-corrected chi connectivity index (χ0v) is 13.1. The lowest BCUT2D eigenvalue weighted by molar-refractivity contribution is 0.174. The number of ether oxygens (including phenoxy) is 2. The number of thiophene rings is 1. The van der Waals surface area contributed by atoms with Gasteiger partial charge in [0.2, 0.25) is 6.79 Å².